The molecule has 0 unspecified atom stereocenters. The number of benzene rings is 1. The third-order valence-corrected chi connectivity index (χ3v) is 3.53. The van der Waals surface area contributed by atoms with Crippen LogP contribution in [-0.4, -0.2) is 22.7 Å². The van der Waals surface area contributed by atoms with Crippen molar-refractivity contribution in [3.8, 4) is 11.5 Å². The average molecular weight is 270 g/mol. The first kappa shape index (κ1) is 12.9. The van der Waals surface area contributed by atoms with E-state index in [1.807, 2.05) is 18.2 Å². The minimum Gasteiger partial charge on any atom is -0.508 e. The van der Waals surface area contributed by atoms with Gasteiger partial charge >= 0.3 is 0 Å². The fraction of sp³-hybridized carbons (Fsp3) is 0.312. The molecule has 1 aliphatic rings. The highest BCUT2D eigenvalue weighted by molar-refractivity contribution is 5.41. The second-order valence-electron chi connectivity index (χ2n) is 5.06. The Kier molecular flexibility index (Phi) is 3.83. The Bertz CT molecular complexity index is 572. The van der Waals surface area contributed by atoms with Crippen molar-refractivity contribution in [3.63, 3.8) is 0 Å². The Morgan fingerprint density at radius 3 is 2.95 bits per heavy atom. The highest BCUT2D eigenvalue weighted by Gasteiger charge is 2.19. The molecule has 1 aromatic carbocycles. The van der Waals surface area contributed by atoms with Crippen LogP contribution in [0.3, 0.4) is 0 Å². The van der Waals surface area contributed by atoms with E-state index in [2.05, 4.69) is 10.3 Å². The molecule has 4 heteroatoms. The molecule has 2 aromatic rings. The van der Waals surface area contributed by atoms with E-state index in [1.165, 1.54) is 11.1 Å². The minimum atomic E-state index is 0.158. The number of nitrogens with zero attached hydrogens (tertiary/aromatic N) is 1. The average Bonchev–Trinajstić information content (AvgIpc) is 2.48. The Morgan fingerprint density at radius 2 is 2.10 bits per heavy atom. The molecule has 0 amide bonds. The monoisotopic (exact) mass is 270 g/mol. The van der Waals surface area contributed by atoms with E-state index in [1.54, 1.807) is 24.5 Å². The molecular formula is C16H18N2O2. The van der Waals surface area contributed by atoms with Crippen LogP contribution in [-0.2, 0) is 13.0 Å². The topological polar surface area (TPSA) is 54.4 Å². The van der Waals surface area contributed by atoms with Gasteiger partial charge in [0.25, 0.3) is 0 Å². The van der Waals surface area contributed by atoms with Crippen LogP contribution >= 0.6 is 0 Å². The quantitative estimate of drug-likeness (QED) is 0.895. The first-order valence-electron chi connectivity index (χ1n) is 6.89. The molecular weight excluding hydrogens is 252 g/mol. The summed E-state index contributed by atoms with van der Waals surface area (Å²) in [6, 6.07) is 9.35. The summed E-state index contributed by atoms with van der Waals surface area (Å²) in [5.41, 5.74) is 2.39. The third kappa shape index (κ3) is 3.08. The zero-order valence-electron chi connectivity index (χ0n) is 11.2. The van der Waals surface area contributed by atoms with Gasteiger partial charge in [-0.2, -0.15) is 0 Å². The van der Waals surface area contributed by atoms with Gasteiger partial charge in [-0.15, -0.1) is 0 Å². The van der Waals surface area contributed by atoms with E-state index < -0.39 is 0 Å². The smallest absolute Gasteiger partial charge is 0.126 e. The molecule has 4 nitrogen and oxygen atoms in total. The molecule has 3 rings (SSSR count). The summed E-state index contributed by atoms with van der Waals surface area (Å²) in [5.74, 6) is 1.07. The van der Waals surface area contributed by atoms with E-state index in [0.29, 0.717) is 0 Å². The number of hydrogen-bond acceptors (Lipinski definition) is 4. The van der Waals surface area contributed by atoms with Gasteiger partial charge in [0, 0.05) is 31.5 Å². The largest absolute Gasteiger partial charge is 0.508 e. The first-order valence-corrected chi connectivity index (χ1v) is 6.89. The summed E-state index contributed by atoms with van der Waals surface area (Å²) in [7, 11) is 0. The van der Waals surface area contributed by atoms with Crippen LogP contribution in [0.4, 0.5) is 0 Å². The SMILES string of the molecule is Oc1ccc2c(c1)O[C@@H](CNCc1ccncc1)CC2. The third-order valence-electron chi connectivity index (χ3n) is 3.53. The van der Waals surface area contributed by atoms with Crippen molar-refractivity contribution in [2.75, 3.05) is 6.54 Å². The molecule has 0 aliphatic carbocycles. The van der Waals surface area contributed by atoms with E-state index in [0.717, 1.165) is 31.7 Å². The van der Waals surface area contributed by atoms with Crippen molar-refractivity contribution >= 4 is 0 Å². The van der Waals surface area contributed by atoms with Gasteiger partial charge in [-0.1, -0.05) is 6.07 Å². The van der Waals surface area contributed by atoms with E-state index in [4.69, 9.17) is 4.74 Å². The summed E-state index contributed by atoms with van der Waals surface area (Å²) in [6.07, 6.45) is 5.75. The number of pyridine rings is 1. The van der Waals surface area contributed by atoms with E-state index in [9.17, 15) is 5.11 Å². The van der Waals surface area contributed by atoms with Crippen LogP contribution in [0.1, 0.15) is 17.5 Å². The first-order chi connectivity index (χ1) is 9.81. The fourth-order valence-electron chi connectivity index (χ4n) is 2.44. The van der Waals surface area contributed by atoms with Gasteiger partial charge in [-0.3, -0.25) is 4.98 Å². The summed E-state index contributed by atoms with van der Waals surface area (Å²) in [5, 5.41) is 12.9. The van der Waals surface area contributed by atoms with E-state index >= 15 is 0 Å². The molecule has 1 aromatic heterocycles. The number of phenols is 1. The molecule has 0 fully saturated rings. The highest BCUT2D eigenvalue weighted by atomic mass is 16.5. The number of nitrogens with one attached hydrogen (secondary N) is 1. The minimum absolute atomic E-state index is 0.158. The van der Waals surface area contributed by atoms with Gasteiger partial charge < -0.3 is 15.2 Å². The molecule has 0 saturated carbocycles. The lowest BCUT2D eigenvalue weighted by atomic mass is 10.0. The van der Waals surface area contributed by atoms with Gasteiger partial charge in [0.1, 0.15) is 17.6 Å². The summed E-state index contributed by atoms with van der Waals surface area (Å²) in [4.78, 5) is 4.00. The van der Waals surface area contributed by atoms with Gasteiger partial charge in [0.05, 0.1) is 0 Å². The van der Waals surface area contributed by atoms with Gasteiger partial charge in [-0.25, -0.2) is 0 Å². The van der Waals surface area contributed by atoms with Crippen LogP contribution in [0.15, 0.2) is 42.7 Å². The van der Waals surface area contributed by atoms with Crippen molar-refractivity contribution in [1.82, 2.24) is 10.3 Å². The standard InChI is InChI=1S/C16H18N2O2/c19-14-3-1-13-2-4-15(20-16(13)9-14)11-18-10-12-5-7-17-8-6-12/h1,3,5-9,15,18-19H,2,4,10-11H2/t15-/m1/s1. The molecule has 1 atom stereocenters. The lowest BCUT2D eigenvalue weighted by molar-refractivity contribution is 0.169. The lowest BCUT2D eigenvalue weighted by Gasteiger charge is -2.26. The maximum absolute atomic E-state index is 9.50. The Morgan fingerprint density at radius 1 is 1.25 bits per heavy atom. The maximum Gasteiger partial charge on any atom is 0.126 e. The predicted octanol–water partition coefficient (Wildman–Crippen LogP) is 2.27. The van der Waals surface area contributed by atoms with Crippen LogP contribution in [0.25, 0.3) is 0 Å². The fourth-order valence-corrected chi connectivity index (χ4v) is 2.44. The number of aromatic nitrogens is 1. The molecule has 0 bridgehead atoms. The van der Waals surface area contributed by atoms with Crippen molar-refractivity contribution in [2.24, 2.45) is 0 Å². The second-order valence-corrected chi connectivity index (χ2v) is 5.06. The Hall–Kier alpha value is -2.07. The van der Waals surface area contributed by atoms with Crippen molar-refractivity contribution in [2.45, 2.75) is 25.5 Å². The zero-order valence-corrected chi connectivity index (χ0v) is 11.2. The molecule has 104 valence electrons. The number of hydrogen-bond donors (Lipinski definition) is 2. The molecule has 0 radical (unpaired) electrons. The van der Waals surface area contributed by atoms with Crippen molar-refractivity contribution in [1.29, 1.82) is 0 Å². The van der Waals surface area contributed by atoms with Gasteiger partial charge in [-0.05, 0) is 42.2 Å². The van der Waals surface area contributed by atoms with Crippen LogP contribution in [0.5, 0.6) is 11.5 Å². The zero-order chi connectivity index (χ0) is 13.8. The van der Waals surface area contributed by atoms with Gasteiger partial charge in [0.2, 0.25) is 0 Å². The number of fused-ring (bicyclic) bond motifs is 1. The van der Waals surface area contributed by atoms with Crippen LogP contribution in [0.2, 0.25) is 0 Å². The van der Waals surface area contributed by atoms with Crippen LogP contribution < -0.4 is 10.1 Å². The normalized spacial score (nSPS) is 17.3. The molecule has 1 aliphatic heterocycles. The Labute approximate surface area is 118 Å². The summed E-state index contributed by atoms with van der Waals surface area (Å²) in [6.45, 7) is 1.62. The molecule has 20 heavy (non-hydrogen) atoms. The second kappa shape index (κ2) is 5.92. The molecule has 2 N–H and O–H groups in total. The summed E-state index contributed by atoms with van der Waals surface area (Å²) < 4.78 is 5.92. The van der Waals surface area contributed by atoms with Gasteiger partial charge in [0.15, 0.2) is 0 Å². The number of ether oxygens (including phenoxy) is 1. The van der Waals surface area contributed by atoms with Crippen LogP contribution in [0, 0.1) is 0 Å². The predicted molar refractivity (Wildman–Crippen MR) is 76.8 cm³/mol. The number of rotatable bonds is 4. The Balaban J connectivity index is 1.53. The molecule has 0 saturated heterocycles. The molecule has 0 spiro atoms. The van der Waals surface area contributed by atoms with Crippen molar-refractivity contribution < 1.29 is 9.84 Å². The number of aromatic hydroxyl groups is 1. The van der Waals surface area contributed by atoms with E-state index in [-0.39, 0.29) is 11.9 Å². The summed E-state index contributed by atoms with van der Waals surface area (Å²) >= 11 is 0. The lowest BCUT2D eigenvalue weighted by Crippen LogP contribution is -2.33. The molecule has 2 heterocycles. The highest BCUT2D eigenvalue weighted by Crippen LogP contribution is 2.30. The van der Waals surface area contributed by atoms with Crippen molar-refractivity contribution in [3.05, 3.63) is 53.9 Å². The number of phenolic OH excluding ortho intramolecular Hbond substituents is 1. The number of aryl methyl sites for hydroxylation is 1. The maximum atomic E-state index is 9.50.